The van der Waals surface area contributed by atoms with Gasteiger partial charge in [-0.25, -0.2) is 14.8 Å². The van der Waals surface area contributed by atoms with E-state index >= 15 is 0 Å². The quantitative estimate of drug-likeness (QED) is 0.751. The number of nitrogens with zero attached hydrogens (tertiary/aromatic N) is 2. The van der Waals surface area contributed by atoms with Crippen LogP contribution in [0.4, 0.5) is 5.82 Å². The molecule has 0 atom stereocenters. The van der Waals surface area contributed by atoms with Crippen LogP contribution in [0, 0.1) is 6.92 Å². The van der Waals surface area contributed by atoms with E-state index in [-0.39, 0.29) is 5.69 Å². The fourth-order valence-electron chi connectivity index (χ4n) is 2.18. The number of rotatable bonds is 5. The lowest BCUT2D eigenvalue weighted by Crippen LogP contribution is -2.08. The van der Waals surface area contributed by atoms with Crippen LogP contribution in [-0.2, 0) is 6.54 Å². The molecule has 0 saturated heterocycles. The molecule has 0 fully saturated rings. The number of carboxylic acids is 1. The molecule has 2 aromatic heterocycles. The van der Waals surface area contributed by atoms with Gasteiger partial charge in [0, 0.05) is 11.6 Å². The Morgan fingerprint density at radius 2 is 2.04 bits per heavy atom. The molecule has 0 aliphatic carbocycles. The molecule has 0 aliphatic heterocycles. The Bertz CT molecular complexity index is 829. The first-order chi connectivity index (χ1) is 11.1. The van der Waals surface area contributed by atoms with Crippen LogP contribution in [0.5, 0.6) is 0 Å². The molecule has 1 aromatic carbocycles. The molecule has 0 unspecified atom stereocenters. The van der Waals surface area contributed by atoms with E-state index in [0.717, 1.165) is 16.9 Å². The summed E-state index contributed by atoms with van der Waals surface area (Å²) in [6.45, 7) is 2.35. The van der Waals surface area contributed by atoms with Crippen molar-refractivity contribution in [1.82, 2.24) is 9.97 Å². The van der Waals surface area contributed by atoms with Crippen molar-refractivity contribution < 1.29 is 14.3 Å². The monoisotopic (exact) mass is 309 g/mol. The Kier molecular flexibility index (Phi) is 4.05. The second-order valence-electron chi connectivity index (χ2n) is 5.02. The van der Waals surface area contributed by atoms with Gasteiger partial charge in [-0.1, -0.05) is 24.3 Å². The van der Waals surface area contributed by atoms with Gasteiger partial charge < -0.3 is 14.8 Å². The van der Waals surface area contributed by atoms with Gasteiger partial charge in [-0.15, -0.1) is 0 Å². The van der Waals surface area contributed by atoms with Crippen molar-refractivity contribution >= 4 is 11.8 Å². The zero-order valence-corrected chi connectivity index (χ0v) is 12.5. The van der Waals surface area contributed by atoms with E-state index in [4.69, 9.17) is 4.42 Å². The van der Waals surface area contributed by atoms with Gasteiger partial charge in [0.25, 0.3) is 0 Å². The second kappa shape index (κ2) is 6.31. The van der Waals surface area contributed by atoms with Crippen molar-refractivity contribution in [3.05, 3.63) is 65.7 Å². The molecule has 0 amide bonds. The van der Waals surface area contributed by atoms with Crippen LogP contribution in [0.25, 0.3) is 11.4 Å². The van der Waals surface area contributed by atoms with E-state index in [0.29, 0.717) is 18.2 Å². The lowest BCUT2D eigenvalue weighted by molar-refractivity contribution is 0.0690. The number of anilines is 1. The van der Waals surface area contributed by atoms with E-state index in [9.17, 15) is 9.90 Å². The maximum Gasteiger partial charge on any atom is 0.354 e. The number of aromatic nitrogens is 2. The first kappa shape index (κ1) is 14.8. The Hall–Kier alpha value is -3.15. The van der Waals surface area contributed by atoms with Crippen LogP contribution >= 0.6 is 0 Å². The van der Waals surface area contributed by atoms with Gasteiger partial charge in [0.05, 0.1) is 12.8 Å². The fourth-order valence-corrected chi connectivity index (χ4v) is 2.18. The summed E-state index contributed by atoms with van der Waals surface area (Å²) in [5.41, 5.74) is 1.73. The molecule has 0 bridgehead atoms. The molecule has 2 N–H and O–H groups in total. The minimum atomic E-state index is -1.09. The molecule has 3 rings (SSSR count). The third kappa shape index (κ3) is 3.37. The third-order valence-corrected chi connectivity index (χ3v) is 3.36. The van der Waals surface area contributed by atoms with Crippen LogP contribution in [0.15, 0.2) is 53.1 Å². The minimum Gasteiger partial charge on any atom is -0.477 e. The van der Waals surface area contributed by atoms with Crippen molar-refractivity contribution in [3.8, 4) is 11.4 Å². The molecular formula is C17H15N3O3. The SMILES string of the molecule is Cc1ccccc1-c1nc(NCc2ccco2)cc(C(=O)O)n1. The molecule has 0 aliphatic rings. The van der Waals surface area contributed by atoms with Crippen molar-refractivity contribution in [1.29, 1.82) is 0 Å². The van der Waals surface area contributed by atoms with Crippen molar-refractivity contribution in [2.45, 2.75) is 13.5 Å². The zero-order chi connectivity index (χ0) is 16.2. The normalized spacial score (nSPS) is 10.5. The average Bonchev–Trinajstić information content (AvgIpc) is 3.06. The van der Waals surface area contributed by atoms with Crippen LogP contribution < -0.4 is 5.32 Å². The van der Waals surface area contributed by atoms with Crippen molar-refractivity contribution in [2.24, 2.45) is 0 Å². The van der Waals surface area contributed by atoms with Crippen LogP contribution in [0.2, 0.25) is 0 Å². The number of aromatic carboxylic acids is 1. The topological polar surface area (TPSA) is 88.2 Å². The first-order valence-electron chi connectivity index (χ1n) is 7.08. The lowest BCUT2D eigenvalue weighted by atomic mass is 10.1. The second-order valence-corrected chi connectivity index (χ2v) is 5.02. The maximum absolute atomic E-state index is 11.3. The number of aryl methyl sites for hydroxylation is 1. The molecular weight excluding hydrogens is 294 g/mol. The summed E-state index contributed by atoms with van der Waals surface area (Å²) in [7, 11) is 0. The van der Waals surface area contributed by atoms with E-state index in [1.807, 2.05) is 37.3 Å². The average molecular weight is 309 g/mol. The number of hydrogen-bond acceptors (Lipinski definition) is 5. The third-order valence-electron chi connectivity index (χ3n) is 3.36. The van der Waals surface area contributed by atoms with Crippen LogP contribution in [0.1, 0.15) is 21.8 Å². The predicted molar refractivity (Wildman–Crippen MR) is 85.2 cm³/mol. The summed E-state index contributed by atoms with van der Waals surface area (Å²) < 4.78 is 5.24. The van der Waals surface area contributed by atoms with Crippen LogP contribution in [-0.4, -0.2) is 21.0 Å². The Labute approximate surface area is 132 Å². The molecule has 3 aromatic rings. The number of carboxylic acid groups (broad SMARTS) is 1. The van der Waals surface area contributed by atoms with Gasteiger partial charge in [0.2, 0.25) is 0 Å². The highest BCUT2D eigenvalue weighted by molar-refractivity contribution is 5.87. The van der Waals surface area contributed by atoms with Crippen LogP contribution in [0.3, 0.4) is 0 Å². The van der Waals surface area contributed by atoms with Gasteiger partial charge >= 0.3 is 5.97 Å². The van der Waals surface area contributed by atoms with Gasteiger partial charge in [-0.05, 0) is 24.6 Å². The first-order valence-corrected chi connectivity index (χ1v) is 7.08. The predicted octanol–water partition coefficient (Wildman–Crippen LogP) is 3.36. The highest BCUT2D eigenvalue weighted by Crippen LogP contribution is 2.22. The van der Waals surface area contributed by atoms with Gasteiger partial charge in [0.1, 0.15) is 11.6 Å². The van der Waals surface area contributed by atoms with Gasteiger partial charge in [-0.2, -0.15) is 0 Å². The summed E-state index contributed by atoms with van der Waals surface area (Å²) in [6.07, 6.45) is 1.58. The van der Waals surface area contributed by atoms with Crippen molar-refractivity contribution in [3.63, 3.8) is 0 Å². The number of furan rings is 1. The smallest absolute Gasteiger partial charge is 0.354 e. The Balaban J connectivity index is 1.96. The molecule has 2 heterocycles. The summed E-state index contributed by atoms with van der Waals surface area (Å²) >= 11 is 0. The molecule has 116 valence electrons. The van der Waals surface area contributed by atoms with Gasteiger partial charge in [0.15, 0.2) is 11.5 Å². The van der Waals surface area contributed by atoms with Crippen molar-refractivity contribution in [2.75, 3.05) is 5.32 Å². The Morgan fingerprint density at radius 3 is 2.74 bits per heavy atom. The molecule has 0 spiro atoms. The van der Waals surface area contributed by atoms with E-state index < -0.39 is 5.97 Å². The summed E-state index contributed by atoms with van der Waals surface area (Å²) in [5, 5.41) is 12.3. The number of carbonyl (C=O) groups is 1. The van der Waals surface area contributed by atoms with E-state index in [1.54, 1.807) is 12.3 Å². The fraction of sp³-hybridized carbons (Fsp3) is 0.118. The van der Waals surface area contributed by atoms with E-state index in [1.165, 1.54) is 6.07 Å². The highest BCUT2D eigenvalue weighted by Gasteiger charge is 2.13. The lowest BCUT2D eigenvalue weighted by Gasteiger charge is -2.09. The largest absolute Gasteiger partial charge is 0.477 e. The number of nitrogens with one attached hydrogen (secondary N) is 1. The molecule has 6 heteroatoms. The molecule has 6 nitrogen and oxygen atoms in total. The minimum absolute atomic E-state index is 0.0554. The zero-order valence-electron chi connectivity index (χ0n) is 12.5. The van der Waals surface area contributed by atoms with E-state index in [2.05, 4.69) is 15.3 Å². The maximum atomic E-state index is 11.3. The highest BCUT2D eigenvalue weighted by atomic mass is 16.4. The molecule has 0 saturated carbocycles. The summed E-state index contributed by atoms with van der Waals surface area (Å²) in [6, 6.07) is 12.6. The molecule has 0 radical (unpaired) electrons. The number of benzene rings is 1. The number of hydrogen-bond donors (Lipinski definition) is 2. The standard InChI is InChI=1S/C17H15N3O3/c1-11-5-2-3-7-13(11)16-19-14(17(21)22)9-15(20-16)18-10-12-6-4-8-23-12/h2-9H,10H2,1H3,(H,21,22)(H,18,19,20). The molecule has 23 heavy (non-hydrogen) atoms. The summed E-state index contributed by atoms with van der Waals surface area (Å²) in [5.74, 6) is 0.457. The summed E-state index contributed by atoms with van der Waals surface area (Å²) in [4.78, 5) is 19.9. The Morgan fingerprint density at radius 1 is 1.22 bits per heavy atom. The van der Waals surface area contributed by atoms with Gasteiger partial charge in [-0.3, -0.25) is 0 Å².